The van der Waals surface area contributed by atoms with Crippen molar-refractivity contribution in [3.63, 3.8) is 0 Å². The molecular weight excluding hydrogens is 356 g/mol. The number of hydrogen-bond acceptors (Lipinski definition) is 1. The minimum absolute atomic E-state index is 0.536. The average Bonchev–Trinajstić information content (AvgIpc) is 3.04. The maximum atomic E-state index is 6.25. The highest BCUT2D eigenvalue weighted by molar-refractivity contribution is 5.50. The number of imidazole rings is 1. The van der Waals surface area contributed by atoms with Crippen LogP contribution in [0.5, 0.6) is 5.75 Å². The minimum Gasteiger partial charge on any atom is -0.481 e. The topological polar surface area (TPSA) is 18.3 Å². The van der Waals surface area contributed by atoms with E-state index in [9.17, 15) is 0 Å². The number of rotatable bonds is 7. The lowest BCUT2D eigenvalue weighted by Crippen LogP contribution is -2.25. The molecule has 0 aliphatic carbocycles. The van der Waals surface area contributed by atoms with Crippen molar-refractivity contribution < 1.29 is 9.14 Å². The molecule has 3 heteroatoms. The van der Waals surface area contributed by atoms with Gasteiger partial charge in [-0.1, -0.05) is 66.6 Å². The molecule has 0 N–H and O–H groups in total. The van der Waals surface area contributed by atoms with Gasteiger partial charge in [0.2, 0.25) is 5.75 Å². The van der Waals surface area contributed by atoms with Crippen molar-refractivity contribution in [2.45, 2.75) is 32.9 Å². The summed E-state index contributed by atoms with van der Waals surface area (Å²) in [5.74, 6) is 3.68. The molecule has 4 rings (SSSR count). The average molecular weight is 381 g/mol. The molecule has 0 aliphatic rings. The molecule has 0 fully saturated rings. The summed E-state index contributed by atoms with van der Waals surface area (Å²) in [7, 11) is 0. The molecule has 0 aliphatic heterocycles. The molecule has 0 radical (unpaired) electrons. The highest BCUT2D eigenvalue weighted by Gasteiger charge is 2.25. The number of benzene rings is 2. The summed E-state index contributed by atoms with van der Waals surface area (Å²) in [6, 6.07) is 24.9. The Hall–Kier alpha value is -3.51. The van der Waals surface area contributed by atoms with Crippen molar-refractivity contribution >= 4 is 5.65 Å². The van der Waals surface area contributed by atoms with Crippen molar-refractivity contribution in [3.05, 3.63) is 102 Å². The zero-order valence-electron chi connectivity index (χ0n) is 16.7. The van der Waals surface area contributed by atoms with E-state index < -0.39 is 0 Å². The number of pyridine rings is 1. The minimum atomic E-state index is 0.536. The summed E-state index contributed by atoms with van der Waals surface area (Å²) in [6.07, 6.45) is 9.28. The van der Waals surface area contributed by atoms with Crippen LogP contribution < -0.4 is 9.14 Å². The predicted molar refractivity (Wildman–Crippen MR) is 116 cm³/mol. The Kier molecular flexibility index (Phi) is 5.63. The molecule has 0 saturated heterocycles. The Morgan fingerprint density at radius 2 is 1.62 bits per heavy atom. The fraction of sp³-hybridized carbons (Fsp3) is 0.192. The summed E-state index contributed by atoms with van der Waals surface area (Å²) >= 11 is 0. The van der Waals surface area contributed by atoms with E-state index in [4.69, 9.17) is 11.2 Å². The second-order valence-corrected chi connectivity index (χ2v) is 7.14. The third-order valence-electron chi connectivity index (χ3n) is 5.27. The summed E-state index contributed by atoms with van der Waals surface area (Å²) < 4.78 is 10.8. The molecule has 2 aromatic heterocycles. The molecule has 2 aromatic carbocycles. The second-order valence-electron chi connectivity index (χ2n) is 7.14. The zero-order valence-corrected chi connectivity index (χ0v) is 16.7. The normalized spacial score (nSPS) is 10.8. The first-order valence-corrected chi connectivity index (χ1v) is 9.94. The van der Waals surface area contributed by atoms with Crippen LogP contribution in [0.3, 0.4) is 0 Å². The Balaban J connectivity index is 1.71. The molecule has 0 atom stereocenters. The molecule has 2 heterocycles. The van der Waals surface area contributed by atoms with E-state index in [0.29, 0.717) is 13.0 Å². The van der Waals surface area contributed by atoms with Crippen molar-refractivity contribution in [1.82, 2.24) is 4.57 Å². The SMILES string of the molecule is C#CCc1c(C)n(CCc2ccccc2)c2c(OCc3ccccc3)ccc[n+]12. The molecule has 0 spiro atoms. The molecule has 0 amide bonds. The van der Waals surface area contributed by atoms with Crippen LogP contribution >= 0.6 is 0 Å². The smallest absolute Gasteiger partial charge is 0.329 e. The predicted octanol–water partition coefficient (Wildman–Crippen LogP) is 4.53. The van der Waals surface area contributed by atoms with Crippen LogP contribution in [0.2, 0.25) is 0 Å². The van der Waals surface area contributed by atoms with Gasteiger partial charge in [-0.3, -0.25) is 0 Å². The van der Waals surface area contributed by atoms with Gasteiger partial charge in [0.25, 0.3) is 0 Å². The van der Waals surface area contributed by atoms with E-state index in [0.717, 1.165) is 35.6 Å². The number of aromatic nitrogens is 2. The molecule has 0 bridgehead atoms. The van der Waals surface area contributed by atoms with Crippen molar-refractivity contribution in [2.75, 3.05) is 0 Å². The molecular formula is C26H25N2O+. The molecule has 0 unspecified atom stereocenters. The van der Waals surface area contributed by atoms with E-state index in [1.54, 1.807) is 0 Å². The van der Waals surface area contributed by atoms with Gasteiger partial charge in [-0.15, -0.1) is 6.42 Å². The molecule has 0 saturated carbocycles. The third-order valence-corrected chi connectivity index (χ3v) is 5.27. The molecule has 144 valence electrons. The van der Waals surface area contributed by atoms with Gasteiger partial charge in [0.05, 0.1) is 19.2 Å². The van der Waals surface area contributed by atoms with Gasteiger partial charge in [0.1, 0.15) is 12.3 Å². The molecule has 3 nitrogen and oxygen atoms in total. The summed E-state index contributed by atoms with van der Waals surface area (Å²) in [6.45, 7) is 3.55. The Morgan fingerprint density at radius 1 is 0.931 bits per heavy atom. The van der Waals surface area contributed by atoms with Gasteiger partial charge in [0, 0.05) is 13.3 Å². The van der Waals surface area contributed by atoms with Crippen LogP contribution in [0, 0.1) is 19.3 Å². The van der Waals surface area contributed by atoms with Gasteiger partial charge < -0.3 is 4.74 Å². The summed E-state index contributed by atoms with van der Waals surface area (Å²) in [5.41, 5.74) is 5.86. The lowest BCUT2D eigenvalue weighted by atomic mass is 10.1. The molecule has 4 aromatic rings. The Labute approximate surface area is 172 Å². The van der Waals surface area contributed by atoms with Crippen LogP contribution in [0.15, 0.2) is 79.0 Å². The largest absolute Gasteiger partial charge is 0.481 e. The van der Waals surface area contributed by atoms with Gasteiger partial charge in [-0.25, -0.2) is 4.57 Å². The van der Waals surface area contributed by atoms with E-state index in [2.05, 4.69) is 70.5 Å². The standard InChI is InChI=1S/C26H25N2O/c1-3-11-24-21(2)27(19-17-22-12-6-4-7-13-22)26-25(16-10-18-28(24)26)29-20-23-14-8-5-9-15-23/h1,4-10,12-16,18H,11,17,19-20H2,2H3/q+1. The Morgan fingerprint density at radius 3 is 2.31 bits per heavy atom. The second kappa shape index (κ2) is 8.67. The van der Waals surface area contributed by atoms with Gasteiger partial charge in [-0.2, -0.15) is 4.40 Å². The van der Waals surface area contributed by atoms with Crippen molar-refractivity contribution in [3.8, 4) is 18.1 Å². The molecule has 29 heavy (non-hydrogen) atoms. The maximum Gasteiger partial charge on any atom is 0.329 e. The highest BCUT2D eigenvalue weighted by atomic mass is 16.5. The van der Waals surface area contributed by atoms with Crippen LogP contribution in [-0.4, -0.2) is 4.57 Å². The van der Waals surface area contributed by atoms with E-state index >= 15 is 0 Å². The number of aryl methyl sites for hydroxylation is 2. The van der Waals surface area contributed by atoms with E-state index in [1.807, 2.05) is 30.3 Å². The first-order valence-electron chi connectivity index (χ1n) is 9.94. The number of terminal acetylenes is 1. The first-order chi connectivity index (χ1) is 14.3. The quantitative estimate of drug-likeness (QED) is 0.340. The van der Waals surface area contributed by atoms with Gasteiger partial charge in [0.15, 0.2) is 5.69 Å². The van der Waals surface area contributed by atoms with Gasteiger partial charge in [-0.05, 0) is 23.3 Å². The van der Waals surface area contributed by atoms with Crippen molar-refractivity contribution in [1.29, 1.82) is 0 Å². The monoisotopic (exact) mass is 381 g/mol. The van der Waals surface area contributed by atoms with Crippen LogP contribution in [0.1, 0.15) is 22.5 Å². The number of fused-ring (bicyclic) bond motifs is 1. The van der Waals surface area contributed by atoms with Gasteiger partial charge >= 0.3 is 5.65 Å². The Bertz CT molecular complexity index is 1140. The van der Waals surface area contributed by atoms with Crippen molar-refractivity contribution in [2.24, 2.45) is 0 Å². The maximum absolute atomic E-state index is 6.25. The third kappa shape index (κ3) is 4.02. The highest BCUT2D eigenvalue weighted by Crippen LogP contribution is 2.23. The van der Waals surface area contributed by atoms with Crippen LogP contribution in [-0.2, 0) is 26.0 Å². The lowest BCUT2D eigenvalue weighted by molar-refractivity contribution is -0.520. The zero-order chi connectivity index (χ0) is 20.1. The summed E-state index contributed by atoms with van der Waals surface area (Å²) in [4.78, 5) is 0. The van der Waals surface area contributed by atoms with E-state index in [-0.39, 0.29) is 0 Å². The van der Waals surface area contributed by atoms with Crippen LogP contribution in [0.4, 0.5) is 0 Å². The number of hydrogen-bond donors (Lipinski definition) is 0. The van der Waals surface area contributed by atoms with E-state index in [1.165, 1.54) is 11.3 Å². The number of ether oxygens (including phenoxy) is 1. The van der Waals surface area contributed by atoms with Crippen LogP contribution in [0.25, 0.3) is 5.65 Å². The summed E-state index contributed by atoms with van der Waals surface area (Å²) in [5, 5.41) is 0. The fourth-order valence-corrected chi connectivity index (χ4v) is 3.77. The first kappa shape index (κ1) is 18.8. The number of nitrogens with zero attached hydrogens (tertiary/aromatic N) is 2. The lowest BCUT2D eigenvalue weighted by Gasteiger charge is -2.07. The fourth-order valence-electron chi connectivity index (χ4n) is 3.77.